The van der Waals surface area contributed by atoms with Gasteiger partial charge in [0.15, 0.2) is 0 Å². The maximum Gasteiger partial charge on any atom is 0.283 e. The Kier molecular flexibility index (Phi) is 5.32. The summed E-state index contributed by atoms with van der Waals surface area (Å²) < 4.78 is 5.17. The molecule has 0 saturated heterocycles. The van der Waals surface area contributed by atoms with Crippen molar-refractivity contribution in [2.24, 2.45) is 5.10 Å². The molecule has 0 unspecified atom stereocenters. The number of nitrogens with one attached hydrogen (secondary N) is 2. The van der Waals surface area contributed by atoms with Crippen molar-refractivity contribution in [3.8, 4) is 16.2 Å². The monoisotopic (exact) mass is 382 g/mol. The zero-order valence-corrected chi connectivity index (χ0v) is 16.5. The smallest absolute Gasteiger partial charge is 0.283 e. The van der Waals surface area contributed by atoms with Gasteiger partial charge in [0.1, 0.15) is 10.6 Å². The van der Waals surface area contributed by atoms with Crippen molar-refractivity contribution in [1.29, 1.82) is 0 Å². The molecule has 1 amide bonds. The first-order valence-electron chi connectivity index (χ1n) is 8.44. The molecule has 1 aromatic carbocycles. The van der Waals surface area contributed by atoms with Crippen molar-refractivity contribution in [2.75, 3.05) is 12.8 Å². The van der Waals surface area contributed by atoms with Crippen LogP contribution in [0.2, 0.25) is 0 Å². The zero-order valence-electron chi connectivity index (χ0n) is 15.7. The molecule has 0 bridgehead atoms. The van der Waals surface area contributed by atoms with Crippen molar-refractivity contribution in [3.05, 3.63) is 58.2 Å². The van der Waals surface area contributed by atoms with Crippen LogP contribution in [0.1, 0.15) is 33.4 Å². The predicted molar refractivity (Wildman–Crippen MR) is 111 cm³/mol. The lowest BCUT2D eigenvalue weighted by Gasteiger charge is -2.03. The fraction of sp³-hybridized carbons (Fsp3) is 0.200. The van der Waals surface area contributed by atoms with Crippen LogP contribution < -0.4 is 15.9 Å². The van der Waals surface area contributed by atoms with E-state index in [1.165, 1.54) is 11.3 Å². The second-order valence-electron chi connectivity index (χ2n) is 6.23. The number of hydrazone groups is 1. The minimum atomic E-state index is -0.317. The van der Waals surface area contributed by atoms with Crippen LogP contribution in [0.4, 0.5) is 5.69 Å². The predicted octanol–water partition coefficient (Wildman–Crippen LogP) is 4.10. The molecular weight excluding hydrogens is 360 g/mol. The first-order chi connectivity index (χ1) is 12.9. The molecule has 7 heteroatoms. The molecule has 3 rings (SSSR count). The summed E-state index contributed by atoms with van der Waals surface area (Å²) in [6, 6.07) is 9.43. The van der Waals surface area contributed by atoms with Crippen molar-refractivity contribution in [2.45, 2.75) is 20.8 Å². The maximum absolute atomic E-state index is 12.5. The number of benzene rings is 1. The number of thiophene rings is 1. The number of nitrogens with two attached hydrogens (primary N) is 1. The lowest BCUT2D eigenvalue weighted by molar-refractivity contribution is 0.0959. The van der Waals surface area contributed by atoms with E-state index in [4.69, 9.17) is 10.5 Å². The number of aromatic amines is 1. The lowest BCUT2D eigenvalue weighted by Crippen LogP contribution is -2.19. The Bertz CT molecular complexity index is 980. The van der Waals surface area contributed by atoms with E-state index < -0.39 is 0 Å². The van der Waals surface area contributed by atoms with Crippen LogP contribution >= 0.6 is 11.3 Å². The number of H-pyrrole nitrogens is 1. The SMILES string of the molecule is COc1ccc(-c2cc(N)c(C(=O)N/N=C(\C)c3c(C)c[nH]c3C)s2)cc1. The molecule has 2 aromatic heterocycles. The quantitative estimate of drug-likeness (QED) is 0.458. The summed E-state index contributed by atoms with van der Waals surface area (Å²) in [6.07, 6.45) is 1.92. The molecule has 0 spiro atoms. The highest BCUT2D eigenvalue weighted by atomic mass is 32.1. The molecule has 6 nitrogen and oxygen atoms in total. The van der Waals surface area contributed by atoms with Crippen LogP contribution in [0, 0.1) is 13.8 Å². The van der Waals surface area contributed by atoms with E-state index in [9.17, 15) is 4.79 Å². The second kappa shape index (κ2) is 7.67. The van der Waals surface area contributed by atoms with Gasteiger partial charge in [-0.1, -0.05) is 0 Å². The number of aromatic nitrogens is 1. The Hall–Kier alpha value is -3.06. The molecule has 140 valence electrons. The number of anilines is 1. The van der Waals surface area contributed by atoms with Crippen LogP contribution in [0.15, 0.2) is 41.6 Å². The van der Waals surface area contributed by atoms with E-state index in [1.54, 1.807) is 13.2 Å². The summed E-state index contributed by atoms with van der Waals surface area (Å²) in [4.78, 5) is 17.1. The Morgan fingerprint density at radius 1 is 1.26 bits per heavy atom. The average Bonchev–Trinajstić information content (AvgIpc) is 3.21. The first-order valence-corrected chi connectivity index (χ1v) is 9.25. The molecule has 3 aromatic rings. The number of carbonyl (C=O) groups excluding carboxylic acids is 1. The summed E-state index contributed by atoms with van der Waals surface area (Å²) >= 11 is 1.34. The first kappa shape index (κ1) is 18.7. The Labute approximate surface area is 162 Å². The van der Waals surface area contributed by atoms with Gasteiger partial charge in [0.25, 0.3) is 5.91 Å². The molecule has 0 aliphatic rings. The lowest BCUT2D eigenvalue weighted by atomic mass is 10.1. The van der Waals surface area contributed by atoms with Crippen molar-refractivity contribution < 1.29 is 9.53 Å². The van der Waals surface area contributed by atoms with Gasteiger partial charge < -0.3 is 15.5 Å². The zero-order chi connectivity index (χ0) is 19.6. The molecule has 0 saturated carbocycles. The van der Waals surface area contributed by atoms with Crippen LogP contribution in [0.5, 0.6) is 5.75 Å². The number of nitrogen functional groups attached to an aromatic ring is 1. The molecule has 0 aliphatic carbocycles. The fourth-order valence-electron chi connectivity index (χ4n) is 2.93. The summed E-state index contributed by atoms with van der Waals surface area (Å²) in [5.41, 5.74) is 13.9. The maximum atomic E-state index is 12.5. The third-order valence-electron chi connectivity index (χ3n) is 4.30. The van der Waals surface area contributed by atoms with E-state index in [-0.39, 0.29) is 5.91 Å². The minimum Gasteiger partial charge on any atom is -0.497 e. The standard InChI is InChI=1S/C20H22N4O2S/c1-11-10-22-12(2)18(11)13(3)23-24-20(25)19-16(21)9-17(27-19)14-5-7-15(26-4)8-6-14/h5-10,22H,21H2,1-4H3,(H,24,25)/b23-13+. The molecule has 27 heavy (non-hydrogen) atoms. The number of carbonyl (C=O) groups is 1. The van der Waals surface area contributed by atoms with Gasteiger partial charge in [-0.15, -0.1) is 11.3 Å². The highest BCUT2D eigenvalue weighted by Gasteiger charge is 2.16. The minimum absolute atomic E-state index is 0.317. The number of rotatable bonds is 5. The summed E-state index contributed by atoms with van der Waals surface area (Å²) in [7, 11) is 1.62. The van der Waals surface area contributed by atoms with E-state index in [2.05, 4.69) is 15.5 Å². The van der Waals surface area contributed by atoms with Gasteiger partial charge in [0.2, 0.25) is 0 Å². The van der Waals surface area contributed by atoms with Crippen molar-refractivity contribution >= 4 is 28.6 Å². The van der Waals surface area contributed by atoms with Gasteiger partial charge in [-0.25, -0.2) is 5.43 Å². The number of methoxy groups -OCH3 is 1. The fourth-order valence-corrected chi connectivity index (χ4v) is 3.91. The summed E-state index contributed by atoms with van der Waals surface area (Å²) in [6.45, 7) is 5.84. The third-order valence-corrected chi connectivity index (χ3v) is 5.50. The van der Waals surface area contributed by atoms with Gasteiger partial charge in [0, 0.05) is 22.3 Å². The highest BCUT2D eigenvalue weighted by molar-refractivity contribution is 7.18. The van der Waals surface area contributed by atoms with E-state index in [1.807, 2.05) is 51.2 Å². The van der Waals surface area contributed by atoms with Gasteiger partial charge in [-0.05, 0) is 62.2 Å². The summed E-state index contributed by atoms with van der Waals surface area (Å²) in [5, 5.41) is 4.24. The Balaban J connectivity index is 1.79. The van der Waals surface area contributed by atoms with Crippen LogP contribution in [-0.4, -0.2) is 23.7 Å². The normalized spacial score (nSPS) is 11.5. The van der Waals surface area contributed by atoms with Crippen LogP contribution in [-0.2, 0) is 0 Å². The van der Waals surface area contributed by atoms with Gasteiger partial charge in [0.05, 0.1) is 18.5 Å². The van der Waals surface area contributed by atoms with E-state index in [0.717, 1.165) is 38.7 Å². The Morgan fingerprint density at radius 2 is 1.96 bits per heavy atom. The van der Waals surface area contributed by atoms with Crippen LogP contribution in [0.3, 0.4) is 0 Å². The van der Waals surface area contributed by atoms with Crippen LogP contribution in [0.25, 0.3) is 10.4 Å². The van der Waals surface area contributed by atoms with Gasteiger partial charge in [-0.2, -0.15) is 5.10 Å². The average molecular weight is 382 g/mol. The molecular formula is C20H22N4O2S. The van der Waals surface area contributed by atoms with E-state index in [0.29, 0.717) is 10.6 Å². The molecule has 0 fully saturated rings. The van der Waals surface area contributed by atoms with Crippen molar-refractivity contribution in [3.63, 3.8) is 0 Å². The molecule has 2 heterocycles. The number of hydrogen-bond donors (Lipinski definition) is 3. The number of aryl methyl sites for hydroxylation is 2. The van der Waals surface area contributed by atoms with E-state index >= 15 is 0 Å². The molecule has 0 radical (unpaired) electrons. The third kappa shape index (κ3) is 3.88. The Morgan fingerprint density at radius 3 is 2.56 bits per heavy atom. The molecule has 0 aliphatic heterocycles. The molecule has 4 N–H and O–H groups in total. The summed E-state index contributed by atoms with van der Waals surface area (Å²) in [5.74, 6) is 0.462. The number of ether oxygens (including phenoxy) is 1. The number of amides is 1. The van der Waals surface area contributed by atoms with Crippen molar-refractivity contribution in [1.82, 2.24) is 10.4 Å². The second-order valence-corrected chi connectivity index (χ2v) is 7.29. The topological polar surface area (TPSA) is 92.5 Å². The number of nitrogens with zero attached hydrogens (tertiary/aromatic N) is 1. The highest BCUT2D eigenvalue weighted by Crippen LogP contribution is 2.34. The van der Waals surface area contributed by atoms with Gasteiger partial charge in [-0.3, -0.25) is 4.79 Å². The van der Waals surface area contributed by atoms with Gasteiger partial charge >= 0.3 is 0 Å². The largest absolute Gasteiger partial charge is 0.497 e. The number of hydrogen-bond acceptors (Lipinski definition) is 5. The molecule has 0 atom stereocenters.